The van der Waals surface area contributed by atoms with E-state index >= 15 is 0 Å². The number of ether oxygens (including phenoxy) is 1. The van der Waals surface area contributed by atoms with Gasteiger partial charge in [0.25, 0.3) is 0 Å². The number of hydrogen-bond acceptors (Lipinski definition) is 5. The molecule has 0 bridgehead atoms. The Morgan fingerprint density at radius 3 is 2.12 bits per heavy atom. The van der Waals surface area contributed by atoms with Gasteiger partial charge in [-0.25, -0.2) is 4.79 Å². The van der Waals surface area contributed by atoms with E-state index in [0.717, 1.165) is 42.5 Å². The third-order valence-electron chi connectivity index (χ3n) is 6.72. The van der Waals surface area contributed by atoms with E-state index < -0.39 is 23.8 Å². The van der Waals surface area contributed by atoms with E-state index in [0.29, 0.717) is 23.4 Å². The van der Waals surface area contributed by atoms with Crippen molar-refractivity contribution < 1.29 is 24.2 Å². The number of carbonyl (C=O) groups excluding carboxylic acids is 2. The number of rotatable bonds is 5. The lowest BCUT2D eigenvalue weighted by molar-refractivity contribution is -0.146. The van der Waals surface area contributed by atoms with Gasteiger partial charge in [-0.2, -0.15) is 0 Å². The summed E-state index contributed by atoms with van der Waals surface area (Å²) in [6, 6.07) is 0. The van der Waals surface area contributed by atoms with Crippen molar-refractivity contribution >= 4 is 34.2 Å². The number of aryl methyl sites for hydroxylation is 1. The van der Waals surface area contributed by atoms with Gasteiger partial charge in [0.15, 0.2) is 0 Å². The number of hydrogen-bond donors (Lipinski definition) is 2. The minimum atomic E-state index is -0.959. The summed E-state index contributed by atoms with van der Waals surface area (Å²) in [5.74, 6) is -3.07. The van der Waals surface area contributed by atoms with Crippen molar-refractivity contribution in [2.75, 3.05) is 11.9 Å². The molecule has 2 aliphatic carbocycles. The molecule has 2 atom stereocenters. The monoisotopic (exact) mass is 475 g/mol. The van der Waals surface area contributed by atoms with Crippen LogP contribution in [0.5, 0.6) is 0 Å². The predicted molar refractivity (Wildman–Crippen MR) is 131 cm³/mol. The number of carboxylic acids is 1. The molecule has 182 valence electrons. The first-order valence-corrected chi connectivity index (χ1v) is 13.3. The standard InChI is InChI=1S/C26H37NO5S/c1-2-32-26(31)22-20-16-10-8-6-4-3-5-7-9-11-17-21(20)33-24(22)27-23(28)18-14-12-13-15-19(18)25(29)30/h12-13,18-19H,2-11,14-17H2,1H3,(H,27,28)(H,29,30)/t18-,19+/m0/s1. The van der Waals surface area contributed by atoms with Gasteiger partial charge in [-0.3, -0.25) is 9.59 Å². The van der Waals surface area contributed by atoms with Gasteiger partial charge in [0.1, 0.15) is 5.00 Å². The number of aliphatic carboxylic acids is 1. The third-order valence-corrected chi connectivity index (χ3v) is 7.93. The zero-order valence-electron chi connectivity index (χ0n) is 19.7. The van der Waals surface area contributed by atoms with Gasteiger partial charge in [0, 0.05) is 4.88 Å². The molecule has 7 heteroatoms. The molecule has 2 aliphatic rings. The molecular weight excluding hydrogens is 438 g/mol. The molecule has 6 nitrogen and oxygen atoms in total. The smallest absolute Gasteiger partial charge is 0.341 e. The molecule has 0 aliphatic heterocycles. The normalized spacial score (nSPS) is 22.2. The highest BCUT2D eigenvalue weighted by Crippen LogP contribution is 2.38. The minimum Gasteiger partial charge on any atom is -0.481 e. The molecule has 33 heavy (non-hydrogen) atoms. The van der Waals surface area contributed by atoms with Crippen molar-refractivity contribution in [2.24, 2.45) is 11.8 Å². The number of allylic oxidation sites excluding steroid dienone is 2. The second-order valence-corrected chi connectivity index (χ2v) is 10.2. The Morgan fingerprint density at radius 1 is 0.939 bits per heavy atom. The fraction of sp³-hybridized carbons (Fsp3) is 0.654. The second kappa shape index (κ2) is 12.9. The van der Waals surface area contributed by atoms with Gasteiger partial charge in [0.05, 0.1) is 24.0 Å². The lowest BCUT2D eigenvalue weighted by atomic mass is 9.82. The first-order chi connectivity index (χ1) is 16.0. The van der Waals surface area contributed by atoms with E-state index in [-0.39, 0.29) is 12.5 Å². The van der Waals surface area contributed by atoms with E-state index in [1.807, 2.05) is 12.2 Å². The molecule has 2 N–H and O–H groups in total. The summed E-state index contributed by atoms with van der Waals surface area (Å²) in [7, 11) is 0. The van der Waals surface area contributed by atoms with Gasteiger partial charge in [0.2, 0.25) is 5.91 Å². The van der Waals surface area contributed by atoms with Crippen molar-refractivity contribution in [3.63, 3.8) is 0 Å². The van der Waals surface area contributed by atoms with E-state index in [2.05, 4.69) is 5.32 Å². The first kappa shape index (κ1) is 25.5. The maximum absolute atomic E-state index is 13.1. The average molecular weight is 476 g/mol. The van der Waals surface area contributed by atoms with E-state index in [9.17, 15) is 19.5 Å². The summed E-state index contributed by atoms with van der Waals surface area (Å²) in [6.45, 7) is 2.05. The van der Waals surface area contributed by atoms with Gasteiger partial charge >= 0.3 is 11.9 Å². The summed E-state index contributed by atoms with van der Waals surface area (Å²) < 4.78 is 5.38. The van der Waals surface area contributed by atoms with E-state index in [1.165, 1.54) is 49.9 Å². The quantitative estimate of drug-likeness (QED) is 0.394. The highest BCUT2D eigenvalue weighted by atomic mass is 32.1. The Kier molecular flexibility index (Phi) is 9.97. The minimum absolute atomic E-state index is 0.269. The van der Waals surface area contributed by atoms with Crippen LogP contribution in [0, 0.1) is 11.8 Å². The molecular formula is C26H37NO5S. The van der Waals surface area contributed by atoms with Gasteiger partial charge in [-0.1, -0.05) is 57.1 Å². The maximum atomic E-state index is 13.1. The van der Waals surface area contributed by atoms with Crippen LogP contribution in [0.3, 0.4) is 0 Å². The van der Waals surface area contributed by atoms with Gasteiger partial charge < -0.3 is 15.2 Å². The van der Waals surface area contributed by atoms with Crippen LogP contribution in [0.1, 0.15) is 98.4 Å². The lowest BCUT2D eigenvalue weighted by Crippen LogP contribution is -2.34. The SMILES string of the molecule is CCOC(=O)c1c(NC(=O)[C@H]2CC=CC[C@H]2C(=O)O)sc2c1CCCCCCCCCCC2. The number of amides is 1. The molecule has 1 heterocycles. The lowest BCUT2D eigenvalue weighted by Gasteiger charge is -2.24. The summed E-state index contributed by atoms with van der Waals surface area (Å²) in [5, 5.41) is 13.0. The Hall–Kier alpha value is -2.15. The molecule has 0 saturated heterocycles. The Balaban J connectivity index is 1.89. The maximum Gasteiger partial charge on any atom is 0.341 e. The van der Waals surface area contributed by atoms with Crippen molar-refractivity contribution in [1.82, 2.24) is 0 Å². The second-order valence-electron chi connectivity index (χ2n) is 9.09. The van der Waals surface area contributed by atoms with Crippen molar-refractivity contribution in [1.29, 1.82) is 0 Å². The van der Waals surface area contributed by atoms with Gasteiger partial charge in [-0.15, -0.1) is 11.3 Å². The molecule has 0 unspecified atom stereocenters. The number of nitrogens with one attached hydrogen (secondary N) is 1. The summed E-state index contributed by atoms with van der Waals surface area (Å²) in [6.07, 6.45) is 16.8. The zero-order valence-corrected chi connectivity index (χ0v) is 20.5. The molecule has 1 aromatic rings. The van der Waals surface area contributed by atoms with E-state index in [4.69, 9.17) is 4.74 Å². The summed E-state index contributed by atoms with van der Waals surface area (Å²) in [5.41, 5.74) is 1.50. The fourth-order valence-corrected chi connectivity index (χ4v) is 6.17. The molecule has 0 saturated carbocycles. The van der Waals surface area contributed by atoms with Crippen LogP contribution in [-0.2, 0) is 27.2 Å². The molecule has 1 aromatic heterocycles. The Bertz CT molecular complexity index is 859. The van der Waals surface area contributed by atoms with Crippen molar-refractivity contribution in [3.05, 3.63) is 28.2 Å². The molecule has 0 radical (unpaired) electrons. The zero-order chi connectivity index (χ0) is 23.6. The average Bonchev–Trinajstić information content (AvgIpc) is 3.14. The van der Waals surface area contributed by atoms with Crippen LogP contribution in [0.2, 0.25) is 0 Å². The van der Waals surface area contributed by atoms with Crippen LogP contribution in [-0.4, -0.2) is 29.6 Å². The Morgan fingerprint density at radius 2 is 1.52 bits per heavy atom. The summed E-state index contributed by atoms with van der Waals surface area (Å²) >= 11 is 1.48. The largest absolute Gasteiger partial charge is 0.481 e. The number of fused-ring (bicyclic) bond motifs is 1. The number of esters is 1. The number of carbonyl (C=O) groups is 3. The number of carboxylic acid groups (broad SMARTS) is 1. The van der Waals surface area contributed by atoms with Crippen LogP contribution < -0.4 is 5.32 Å². The first-order valence-electron chi connectivity index (χ1n) is 12.5. The predicted octanol–water partition coefficient (Wildman–Crippen LogP) is 6.14. The third kappa shape index (κ3) is 6.92. The van der Waals surface area contributed by atoms with Crippen LogP contribution >= 0.6 is 11.3 Å². The van der Waals surface area contributed by atoms with Crippen LogP contribution in [0.15, 0.2) is 12.2 Å². The number of anilines is 1. The molecule has 0 aromatic carbocycles. The Labute approximate surface area is 200 Å². The molecule has 0 spiro atoms. The molecule has 1 amide bonds. The summed E-state index contributed by atoms with van der Waals surface area (Å²) in [4.78, 5) is 39.0. The highest BCUT2D eigenvalue weighted by molar-refractivity contribution is 7.17. The van der Waals surface area contributed by atoms with E-state index in [1.54, 1.807) is 6.92 Å². The fourth-order valence-electron chi connectivity index (χ4n) is 4.89. The molecule has 3 rings (SSSR count). The topological polar surface area (TPSA) is 92.7 Å². The van der Waals surface area contributed by atoms with Crippen LogP contribution in [0.4, 0.5) is 5.00 Å². The number of thiophene rings is 1. The van der Waals surface area contributed by atoms with Crippen LogP contribution in [0.25, 0.3) is 0 Å². The highest BCUT2D eigenvalue weighted by Gasteiger charge is 2.35. The van der Waals surface area contributed by atoms with Crippen molar-refractivity contribution in [2.45, 2.75) is 90.4 Å². The van der Waals surface area contributed by atoms with Gasteiger partial charge in [-0.05, 0) is 51.0 Å². The van der Waals surface area contributed by atoms with Crippen molar-refractivity contribution in [3.8, 4) is 0 Å². The molecule has 0 fully saturated rings.